The number of rotatable bonds is 5. The number of carbonyl (C=O) groups is 1. The van der Waals surface area contributed by atoms with E-state index < -0.39 is 0 Å². The summed E-state index contributed by atoms with van der Waals surface area (Å²) in [5.41, 5.74) is 0.510. The van der Waals surface area contributed by atoms with Crippen LogP contribution in [-0.2, 0) is 0 Å². The van der Waals surface area contributed by atoms with E-state index in [1.807, 2.05) is 13.8 Å². The van der Waals surface area contributed by atoms with Crippen molar-refractivity contribution in [1.82, 2.24) is 4.90 Å². The Morgan fingerprint density at radius 1 is 1.53 bits per heavy atom. The lowest BCUT2D eigenvalue weighted by atomic mass is 10.3. The summed E-state index contributed by atoms with van der Waals surface area (Å²) in [4.78, 5) is 13.2. The van der Waals surface area contributed by atoms with Gasteiger partial charge in [-0.05, 0) is 26.0 Å². The highest BCUT2D eigenvalue weighted by Gasteiger charge is 2.14. The van der Waals surface area contributed by atoms with E-state index in [-0.39, 0.29) is 25.3 Å². The summed E-state index contributed by atoms with van der Waals surface area (Å²) in [5.74, 6) is 0.449. The van der Waals surface area contributed by atoms with Crippen LogP contribution in [0.3, 0.4) is 0 Å². The minimum Gasteiger partial charge on any atom is -0.487 e. The van der Waals surface area contributed by atoms with E-state index in [2.05, 4.69) is 5.32 Å². The number of amides is 2. The number of carbonyl (C=O) groups excluding carboxylic acids is 1. The first-order valence-corrected chi connectivity index (χ1v) is 6.41. The van der Waals surface area contributed by atoms with Gasteiger partial charge in [0.05, 0.1) is 23.4 Å². The quantitative estimate of drug-likeness (QED) is 0.874. The second kappa shape index (κ2) is 7.21. The highest BCUT2D eigenvalue weighted by atomic mass is 35.5. The molecule has 0 radical (unpaired) electrons. The summed E-state index contributed by atoms with van der Waals surface area (Å²) in [6.45, 7) is 3.93. The van der Waals surface area contributed by atoms with Crippen LogP contribution in [0.2, 0.25) is 5.02 Å². The number of para-hydroxylation sites is 1. The van der Waals surface area contributed by atoms with Crippen LogP contribution < -0.4 is 10.1 Å². The Balaban J connectivity index is 2.88. The minimum absolute atomic E-state index is 0.0503. The minimum atomic E-state index is -0.329. The van der Waals surface area contributed by atoms with Gasteiger partial charge in [0.2, 0.25) is 0 Å². The van der Waals surface area contributed by atoms with Crippen LogP contribution in [0.25, 0.3) is 0 Å². The molecule has 0 fully saturated rings. The van der Waals surface area contributed by atoms with Crippen molar-refractivity contribution >= 4 is 23.3 Å². The average molecular weight is 287 g/mol. The molecule has 2 amide bonds. The van der Waals surface area contributed by atoms with Crippen LogP contribution in [0.5, 0.6) is 5.75 Å². The molecule has 1 aromatic rings. The number of nitrogens with zero attached hydrogens (tertiary/aromatic N) is 1. The number of hydrogen-bond donors (Lipinski definition) is 2. The fourth-order valence-electron chi connectivity index (χ4n) is 1.42. The van der Waals surface area contributed by atoms with Crippen LogP contribution in [-0.4, -0.2) is 42.3 Å². The number of ether oxygens (including phenoxy) is 1. The molecule has 0 saturated heterocycles. The van der Waals surface area contributed by atoms with Crippen molar-refractivity contribution in [3.63, 3.8) is 0 Å². The molecule has 0 heterocycles. The topological polar surface area (TPSA) is 61.8 Å². The van der Waals surface area contributed by atoms with E-state index in [0.717, 1.165) is 0 Å². The number of anilines is 1. The molecule has 0 aliphatic carbocycles. The van der Waals surface area contributed by atoms with Crippen LogP contribution in [0.4, 0.5) is 10.5 Å². The molecule has 2 N–H and O–H groups in total. The van der Waals surface area contributed by atoms with Gasteiger partial charge < -0.3 is 20.1 Å². The molecule has 0 aliphatic heterocycles. The lowest BCUT2D eigenvalue weighted by molar-refractivity contribution is 0.201. The number of benzene rings is 1. The summed E-state index contributed by atoms with van der Waals surface area (Å²) < 4.78 is 5.60. The van der Waals surface area contributed by atoms with E-state index in [0.29, 0.717) is 16.5 Å². The van der Waals surface area contributed by atoms with E-state index in [4.69, 9.17) is 21.4 Å². The van der Waals surface area contributed by atoms with Gasteiger partial charge in [0.15, 0.2) is 5.75 Å². The molecule has 0 aromatic heterocycles. The number of likely N-dealkylation sites (N-methyl/N-ethyl adjacent to an activating group) is 1. The number of hydrogen-bond acceptors (Lipinski definition) is 3. The summed E-state index contributed by atoms with van der Waals surface area (Å²) in [7, 11) is 1.60. The van der Waals surface area contributed by atoms with Crippen LogP contribution in [0, 0.1) is 0 Å². The first-order valence-electron chi connectivity index (χ1n) is 6.03. The standard InChI is InChI=1S/C13H19ClN2O3/c1-9(2)19-12-10(14)5-4-6-11(12)15-13(18)16(3)7-8-17/h4-6,9,17H,7-8H2,1-3H3,(H,15,18). The monoisotopic (exact) mass is 286 g/mol. The zero-order valence-corrected chi connectivity index (χ0v) is 12.1. The van der Waals surface area contributed by atoms with Gasteiger partial charge in [-0.15, -0.1) is 0 Å². The molecule has 19 heavy (non-hydrogen) atoms. The number of aliphatic hydroxyl groups is 1. The molecule has 0 bridgehead atoms. The zero-order chi connectivity index (χ0) is 14.4. The van der Waals surface area contributed by atoms with Gasteiger partial charge in [-0.2, -0.15) is 0 Å². The van der Waals surface area contributed by atoms with E-state index in [1.54, 1.807) is 25.2 Å². The molecule has 6 heteroatoms. The first kappa shape index (κ1) is 15.6. The average Bonchev–Trinajstić information content (AvgIpc) is 2.33. The Bertz CT molecular complexity index is 438. The first-order chi connectivity index (χ1) is 8.95. The molecule has 1 aromatic carbocycles. The second-order valence-corrected chi connectivity index (χ2v) is 4.77. The van der Waals surface area contributed by atoms with Gasteiger partial charge >= 0.3 is 6.03 Å². The van der Waals surface area contributed by atoms with Crippen molar-refractivity contribution in [2.75, 3.05) is 25.5 Å². The van der Waals surface area contributed by atoms with Crippen molar-refractivity contribution in [3.8, 4) is 5.75 Å². The predicted molar refractivity (Wildman–Crippen MR) is 76.0 cm³/mol. The molecular formula is C13H19ClN2O3. The number of aliphatic hydroxyl groups excluding tert-OH is 1. The molecule has 1 rings (SSSR count). The maximum Gasteiger partial charge on any atom is 0.321 e. The summed E-state index contributed by atoms with van der Waals surface area (Å²) in [5, 5.41) is 12.0. The zero-order valence-electron chi connectivity index (χ0n) is 11.3. The Morgan fingerprint density at radius 3 is 2.79 bits per heavy atom. The fourth-order valence-corrected chi connectivity index (χ4v) is 1.64. The molecule has 106 valence electrons. The number of nitrogens with one attached hydrogen (secondary N) is 1. The lowest BCUT2D eigenvalue weighted by Crippen LogP contribution is -2.33. The highest BCUT2D eigenvalue weighted by Crippen LogP contribution is 2.33. The Kier molecular flexibility index (Phi) is 5.92. The van der Waals surface area contributed by atoms with E-state index in [9.17, 15) is 4.79 Å². The van der Waals surface area contributed by atoms with Crippen molar-refractivity contribution in [2.24, 2.45) is 0 Å². The predicted octanol–water partition coefficient (Wildman–Crippen LogP) is 2.58. The lowest BCUT2D eigenvalue weighted by Gasteiger charge is -2.20. The summed E-state index contributed by atoms with van der Waals surface area (Å²) in [6.07, 6.45) is -0.0503. The van der Waals surface area contributed by atoms with E-state index >= 15 is 0 Å². The third-order valence-corrected chi connectivity index (χ3v) is 2.64. The fraction of sp³-hybridized carbons (Fsp3) is 0.462. The number of urea groups is 1. The van der Waals surface area contributed by atoms with Crippen molar-refractivity contribution in [2.45, 2.75) is 20.0 Å². The summed E-state index contributed by atoms with van der Waals surface area (Å²) >= 11 is 6.07. The van der Waals surface area contributed by atoms with Gasteiger partial charge in [0, 0.05) is 13.6 Å². The highest BCUT2D eigenvalue weighted by molar-refractivity contribution is 6.32. The summed E-state index contributed by atoms with van der Waals surface area (Å²) in [6, 6.07) is 4.82. The molecule has 0 saturated carbocycles. The van der Waals surface area contributed by atoms with Gasteiger partial charge in [-0.25, -0.2) is 4.79 Å². The molecule has 0 unspecified atom stereocenters. The Hall–Kier alpha value is -1.46. The molecule has 5 nitrogen and oxygen atoms in total. The van der Waals surface area contributed by atoms with Gasteiger partial charge in [-0.3, -0.25) is 0 Å². The van der Waals surface area contributed by atoms with Crippen LogP contribution in [0.1, 0.15) is 13.8 Å². The molecule has 0 atom stereocenters. The van der Waals surface area contributed by atoms with Gasteiger partial charge in [0.25, 0.3) is 0 Å². The maximum atomic E-state index is 11.9. The second-order valence-electron chi connectivity index (χ2n) is 4.36. The normalized spacial score (nSPS) is 10.4. The molecule has 0 spiro atoms. The Morgan fingerprint density at radius 2 is 2.21 bits per heavy atom. The SMILES string of the molecule is CC(C)Oc1c(Cl)cccc1NC(=O)N(C)CCO. The smallest absolute Gasteiger partial charge is 0.321 e. The van der Waals surface area contributed by atoms with Crippen molar-refractivity contribution in [1.29, 1.82) is 0 Å². The maximum absolute atomic E-state index is 11.9. The van der Waals surface area contributed by atoms with Crippen LogP contribution in [0.15, 0.2) is 18.2 Å². The van der Waals surface area contributed by atoms with Gasteiger partial charge in [-0.1, -0.05) is 17.7 Å². The van der Waals surface area contributed by atoms with E-state index in [1.165, 1.54) is 4.90 Å². The Labute approximate surface area is 118 Å². The van der Waals surface area contributed by atoms with Crippen molar-refractivity contribution in [3.05, 3.63) is 23.2 Å². The van der Waals surface area contributed by atoms with Crippen molar-refractivity contribution < 1.29 is 14.6 Å². The molecular weight excluding hydrogens is 268 g/mol. The largest absolute Gasteiger partial charge is 0.487 e. The van der Waals surface area contributed by atoms with Gasteiger partial charge in [0.1, 0.15) is 0 Å². The third-order valence-electron chi connectivity index (χ3n) is 2.34. The van der Waals surface area contributed by atoms with Crippen LogP contribution >= 0.6 is 11.6 Å². The third kappa shape index (κ3) is 4.61. The number of halogens is 1. The molecule has 0 aliphatic rings.